The maximum absolute atomic E-state index is 10.4. The van der Waals surface area contributed by atoms with Crippen molar-refractivity contribution >= 4 is 0 Å². The minimum atomic E-state index is -0.126. The summed E-state index contributed by atoms with van der Waals surface area (Å²) in [6.07, 6.45) is 11.3. The van der Waals surface area contributed by atoms with Crippen molar-refractivity contribution in [3.05, 3.63) is 34.9 Å². The maximum Gasteiger partial charge on any atom is 0.0583 e. The van der Waals surface area contributed by atoms with Gasteiger partial charge in [-0.1, -0.05) is 24.6 Å². The molecule has 4 unspecified atom stereocenters. The van der Waals surface area contributed by atoms with E-state index in [4.69, 9.17) is 0 Å². The molecule has 2 fully saturated rings. The van der Waals surface area contributed by atoms with Crippen LogP contribution in [0.3, 0.4) is 0 Å². The minimum absolute atomic E-state index is 0.126. The highest BCUT2D eigenvalue weighted by atomic mass is 16.3. The highest BCUT2D eigenvalue weighted by Crippen LogP contribution is 2.50. The molecule has 0 heterocycles. The normalized spacial score (nSPS) is 32.5. The molecule has 1 heteroatoms. The van der Waals surface area contributed by atoms with Crippen LogP contribution in [0.25, 0.3) is 0 Å². The molecule has 3 aliphatic rings. The van der Waals surface area contributed by atoms with Crippen LogP contribution in [-0.2, 0) is 19.3 Å². The lowest BCUT2D eigenvalue weighted by molar-refractivity contribution is 0.124. The van der Waals surface area contributed by atoms with Crippen molar-refractivity contribution in [3.8, 4) is 0 Å². The largest absolute Gasteiger partial charge is 0.393 e. The second-order valence-electron chi connectivity index (χ2n) is 7.49. The number of hydrogen-bond donors (Lipinski definition) is 1. The Bertz CT molecular complexity index is 493. The highest BCUT2D eigenvalue weighted by Gasteiger charge is 2.39. The van der Waals surface area contributed by atoms with Crippen molar-refractivity contribution in [2.45, 2.75) is 63.9 Å². The van der Waals surface area contributed by atoms with Gasteiger partial charge in [0.05, 0.1) is 6.10 Å². The Morgan fingerprint density at radius 1 is 1.10 bits per heavy atom. The first-order valence-electron chi connectivity index (χ1n) is 8.56. The van der Waals surface area contributed by atoms with Crippen molar-refractivity contribution in [1.29, 1.82) is 0 Å². The molecule has 0 spiro atoms. The maximum atomic E-state index is 10.4. The summed E-state index contributed by atoms with van der Waals surface area (Å²) in [5, 5.41) is 10.4. The quantitative estimate of drug-likeness (QED) is 0.879. The summed E-state index contributed by atoms with van der Waals surface area (Å²) in [5.74, 6) is 2.75. The second kappa shape index (κ2) is 5.18. The third-order valence-corrected chi connectivity index (χ3v) is 6.09. The number of rotatable bonds is 4. The molecule has 4 rings (SSSR count). The molecule has 2 saturated carbocycles. The number of fused-ring (bicyclic) bond motifs is 3. The predicted octanol–water partition coefficient (Wildman–Crippen LogP) is 3.91. The monoisotopic (exact) mass is 270 g/mol. The van der Waals surface area contributed by atoms with Gasteiger partial charge in [0.25, 0.3) is 0 Å². The fourth-order valence-corrected chi connectivity index (χ4v) is 5.12. The van der Waals surface area contributed by atoms with Crippen molar-refractivity contribution < 1.29 is 5.11 Å². The summed E-state index contributed by atoms with van der Waals surface area (Å²) in [6.45, 7) is 0. The van der Waals surface area contributed by atoms with E-state index >= 15 is 0 Å². The van der Waals surface area contributed by atoms with Crippen LogP contribution in [-0.4, -0.2) is 11.2 Å². The van der Waals surface area contributed by atoms with E-state index in [2.05, 4.69) is 18.2 Å². The molecule has 1 nitrogen and oxygen atoms in total. The molecule has 3 aliphatic carbocycles. The number of hydrogen-bond acceptors (Lipinski definition) is 1. The van der Waals surface area contributed by atoms with Gasteiger partial charge in [-0.25, -0.2) is 0 Å². The summed E-state index contributed by atoms with van der Waals surface area (Å²) in [4.78, 5) is 0. The number of benzene rings is 1. The van der Waals surface area contributed by atoms with E-state index in [0.29, 0.717) is 0 Å². The lowest BCUT2D eigenvalue weighted by atomic mass is 9.84. The fraction of sp³-hybridized carbons (Fsp3) is 0.684. The van der Waals surface area contributed by atoms with Crippen molar-refractivity contribution in [2.24, 2.45) is 17.8 Å². The SMILES string of the molecule is OC(Cc1ccc2c(c1)CCC2)CC1CC2CCC1C2. The van der Waals surface area contributed by atoms with Crippen molar-refractivity contribution in [1.82, 2.24) is 0 Å². The Balaban J connectivity index is 1.36. The van der Waals surface area contributed by atoms with Gasteiger partial charge in [-0.3, -0.25) is 0 Å². The first kappa shape index (κ1) is 12.9. The third-order valence-electron chi connectivity index (χ3n) is 6.09. The number of aliphatic hydroxyl groups is 1. The zero-order valence-electron chi connectivity index (χ0n) is 12.4. The van der Waals surface area contributed by atoms with Crippen LogP contribution < -0.4 is 0 Å². The van der Waals surface area contributed by atoms with Gasteiger partial charge in [0.2, 0.25) is 0 Å². The van der Waals surface area contributed by atoms with Crippen LogP contribution >= 0.6 is 0 Å². The molecule has 20 heavy (non-hydrogen) atoms. The highest BCUT2D eigenvalue weighted by molar-refractivity contribution is 5.35. The van der Waals surface area contributed by atoms with Crippen LogP contribution in [0, 0.1) is 17.8 Å². The summed E-state index contributed by atoms with van der Waals surface area (Å²) < 4.78 is 0. The zero-order valence-corrected chi connectivity index (χ0v) is 12.4. The molecule has 1 aromatic carbocycles. The Kier molecular flexibility index (Phi) is 3.34. The zero-order chi connectivity index (χ0) is 13.5. The molecule has 0 amide bonds. The second-order valence-corrected chi connectivity index (χ2v) is 7.49. The van der Waals surface area contributed by atoms with E-state index in [1.54, 1.807) is 0 Å². The van der Waals surface area contributed by atoms with E-state index in [0.717, 1.165) is 30.6 Å². The van der Waals surface area contributed by atoms with E-state index < -0.39 is 0 Å². The summed E-state index contributed by atoms with van der Waals surface area (Å²) >= 11 is 0. The first-order chi connectivity index (χ1) is 9.78. The van der Waals surface area contributed by atoms with Crippen LogP contribution in [0.5, 0.6) is 0 Å². The smallest absolute Gasteiger partial charge is 0.0583 e. The molecule has 0 radical (unpaired) electrons. The van der Waals surface area contributed by atoms with Gasteiger partial charge in [-0.2, -0.15) is 0 Å². The van der Waals surface area contributed by atoms with Gasteiger partial charge in [0, 0.05) is 0 Å². The molecule has 0 saturated heterocycles. The molecule has 108 valence electrons. The van der Waals surface area contributed by atoms with Crippen LogP contribution in [0.1, 0.15) is 55.2 Å². The molecule has 1 aromatic rings. The summed E-state index contributed by atoms with van der Waals surface area (Å²) in [7, 11) is 0. The molecule has 0 aromatic heterocycles. The molecular formula is C19H26O. The van der Waals surface area contributed by atoms with E-state index in [1.807, 2.05) is 0 Å². The average Bonchev–Trinajstić information content (AvgIpc) is 3.13. The molecule has 0 aliphatic heterocycles. The average molecular weight is 270 g/mol. The summed E-state index contributed by atoms with van der Waals surface area (Å²) in [6, 6.07) is 6.89. The number of aliphatic hydroxyl groups excluding tert-OH is 1. The Morgan fingerprint density at radius 3 is 2.80 bits per heavy atom. The van der Waals surface area contributed by atoms with Gasteiger partial charge >= 0.3 is 0 Å². The lowest BCUT2D eigenvalue weighted by Crippen LogP contribution is -2.20. The van der Waals surface area contributed by atoms with Crippen molar-refractivity contribution in [2.75, 3.05) is 0 Å². The molecule has 2 bridgehead atoms. The lowest BCUT2D eigenvalue weighted by Gasteiger charge is -2.24. The van der Waals surface area contributed by atoms with Crippen LogP contribution in [0.15, 0.2) is 18.2 Å². The predicted molar refractivity (Wildman–Crippen MR) is 81.7 cm³/mol. The number of aryl methyl sites for hydroxylation is 2. The molecular weight excluding hydrogens is 244 g/mol. The van der Waals surface area contributed by atoms with Gasteiger partial charge < -0.3 is 5.11 Å². The van der Waals surface area contributed by atoms with E-state index in [-0.39, 0.29) is 6.10 Å². The van der Waals surface area contributed by atoms with E-state index in [9.17, 15) is 5.11 Å². The minimum Gasteiger partial charge on any atom is -0.393 e. The standard InChI is InChI=1S/C19H26O/c20-19(12-18-10-13-5-7-17(18)8-13)11-14-4-6-15-2-1-3-16(15)9-14/h4,6,9,13,17-20H,1-3,5,7-8,10-12H2. The van der Waals surface area contributed by atoms with Crippen LogP contribution in [0.4, 0.5) is 0 Å². The van der Waals surface area contributed by atoms with Gasteiger partial charge in [-0.15, -0.1) is 0 Å². The van der Waals surface area contributed by atoms with E-state index in [1.165, 1.54) is 61.6 Å². The fourth-order valence-electron chi connectivity index (χ4n) is 5.12. The van der Waals surface area contributed by atoms with Gasteiger partial charge in [0.15, 0.2) is 0 Å². The van der Waals surface area contributed by atoms with Gasteiger partial charge in [0.1, 0.15) is 0 Å². The Labute approximate surface area is 122 Å². The topological polar surface area (TPSA) is 20.2 Å². The molecule has 1 N–H and O–H groups in total. The third kappa shape index (κ3) is 2.41. The Hall–Kier alpha value is -0.820. The first-order valence-corrected chi connectivity index (χ1v) is 8.56. The Morgan fingerprint density at radius 2 is 2.00 bits per heavy atom. The summed E-state index contributed by atoms with van der Waals surface area (Å²) in [5.41, 5.74) is 4.42. The van der Waals surface area contributed by atoms with Crippen LogP contribution in [0.2, 0.25) is 0 Å². The van der Waals surface area contributed by atoms with Crippen molar-refractivity contribution in [3.63, 3.8) is 0 Å². The van der Waals surface area contributed by atoms with Gasteiger partial charge in [-0.05, 0) is 85.8 Å². The molecule has 4 atom stereocenters.